The maximum Gasteiger partial charge on any atom is 0.262 e. The molecule has 7 nitrogen and oxygen atoms in total. The molecule has 1 atom stereocenters. The molecule has 0 spiro atoms. The standard InChI is InChI=1S/C22H26N4O3S3/c1-21(2,3)32(27,28)22(26-15-5-8-20-19(11-15)24-14-31-20)17-7-6-16(29-9-10-30-4)12-18(17)23-13-25-22/h5-8,11-14,26H,9-10H2,1-4H3,(H,23,25). The minimum atomic E-state index is -3.86. The highest BCUT2D eigenvalue weighted by molar-refractivity contribution is 7.98. The third-order valence-corrected chi connectivity index (χ3v) is 9.42. The summed E-state index contributed by atoms with van der Waals surface area (Å²) in [6, 6.07) is 11.0. The SMILES string of the molecule is CSCCOc1ccc2c(c1)NC=NC2(Nc1ccc2scnc2c1)S(=O)(=O)C(C)(C)C. The van der Waals surface area contributed by atoms with Crippen molar-refractivity contribution in [1.82, 2.24) is 4.98 Å². The van der Waals surface area contributed by atoms with Crippen LogP contribution in [0.1, 0.15) is 26.3 Å². The summed E-state index contributed by atoms with van der Waals surface area (Å²) < 4.78 is 33.7. The van der Waals surface area contributed by atoms with Gasteiger partial charge in [-0.15, -0.1) is 11.3 Å². The Morgan fingerprint density at radius 2 is 2.03 bits per heavy atom. The van der Waals surface area contributed by atoms with Crippen LogP contribution in [0.3, 0.4) is 0 Å². The van der Waals surface area contributed by atoms with Gasteiger partial charge in [0.2, 0.25) is 9.84 Å². The van der Waals surface area contributed by atoms with E-state index in [1.54, 1.807) is 50.2 Å². The van der Waals surface area contributed by atoms with Crippen LogP contribution in [0.25, 0.3) is 10.2 Å². The zero-order valence-electron chi connectivity index (χ0n) is 18.4. The molecule has 2 aromatic carbocycles. The topological polar surface area (TPSA) is 92.7 Å². The van der Waals surface area contributed by atoms with Gasteiger partial charge in [0.1, 0.15) is 5.75 Å². The number of sulfone groups is 1. The molecule has 2 heterocycles. The van der Waals surface area contributed by atoms with E-state index in [2.05, 4.69) is 20.6 Å². The fraction of sp³-hybridized carbons (Fsp3) is 0.364. The molecule has 4 rings (SSSR count). The number of nitrogens with one attached hydrogen (secondary N) is 2. The number of aliphatic imine (C=N–C) groups is 1. The van der Waals surface area contributed by atoms with E-state index in [1.165, 1.54) is 17.7 Å². The number of benzene rings is 2. The molecule has 1 aliphatic rings. The van der Waals surface area contributed by atoms with Crippen LogP contribution >= 0.6 is 23.1 Å². The lowest BCUT2D eigenvalue weighted by Gasteiger charge is -2.39. The molecule has 0 radical (unpaired) electrons. The fourth-order valence-electron chi connectivity index (χ4n) is 3.49. The van der Waals surface area contributed by atoms with Crippen molar-refractivity contribution in [2.75, 3.05) is 29.2 Å². The highest BCUT2D eigenvalue weighted by Crippen LogP contribution is 2.45. The Morgan fingerprint density at radius 3 is 2.78 bits per heavy atom. The lowest BCUT2D eigenvalue weighted by atomic mass is 10.1. The minimum Gasteiger partial charge on any atom is -0.493 e. The molecular formula is C22H26N4O3S3. The van der Waals surface area contributed by atoms with E-state index in [4.69, 9.17) is 4.74 Å². The Morgan fingerprint density at radius 1 is 1.22 bits per heavy atom. The first-order chi connectivity index (χ1) is 15.2. The van der Waals surface area contributed by atoms with Crippen LogP contribution in [0.5, 0.6) is 5.75 Å². The van der Waals surface area contributed by atoms with Gasteiger partial charge in [0.05, 0.1) is 39.1 Å². The summed E-state index contributed by atoms with van der Waals surface area (Å²) in [7, 11) is -3.86. The van der Waals surface area contributed by atoms with Crippen molar-refractivity contribution >= 4 is 60.9 Å². The predicted octanol–water partition coefficient (Wildman–Crippen LogP) is 4.93. The van der Waals surface area contributed by atoms with Crippen LogP contribution in [-0.4, -0.2) is 43.1 Å². The number of fused-ring (bicyclic) bond motifs is 2. The number of hydrogen-bond donors (Lipinski definition) is 2. The van der Waals surface area contributed by atoms with Gasteiger partial charge in [-0.1, -0.05) is 0 Å². The Kier molecular flexibility index (Phi) is 6.12. The summed E-state index contributed by atoms with van der Waals surface area (Å²) in [4.78, 5) is 7.17. The van der Waals surface area contributed by atoms with Crippen LogP contribution in [0, 0.1) is 0 Å². The van der Waals surface area contributed by atoms with Gasteiger partial charge in [-0.3, -0.25) is 0 Å². The zero-order chi connectivity index (χ0) is 23.0. The summed E-state index contributed by atoms with van der Waals surface area (Å²) in [5, 5.41) is 6.34. The molecule has 10 heteroatoms. The number of hydrogen-bond acceptors (Lipinski definition) is 9. The zero-order valence-corrected chi connectivity index (χ0v) is 20.8. The molecule has 0 fully saturated rings. The molecule has 2 N–H and O–H groups in total. The first-order valence-corrected chi connectivity index (χ1v) is 13.9. The van der Waals surface area contributed by atoms with Gasteiger partial charge in [0.25, 0.3) is 4.99 Å². The minimum absolute atomic E-state index is 0.519. The van der Waals surface area contributed by atoms with Crippen molar-refractivity contribution in [3.8, 4) is 5.75 Å². The average Bonchev–Trinajstić information content (AvgIpc) is 3.21. The van der Waals surface area contributed by atoms with Gasteiger partial charge in [0.15, 0.2) is 0 Å². The maximum atomic E-state index is 14.0. The van der Waals surface area contributed by atoms with Crippen LogP contribution in [0.4, 0.5) is 11.4 Å². The highest BCUT2D eigenvalue weighted by Gasteiger charge is 2.53. The molecule has 0 aliphatic carbocycles. The quantitative estimate of drug-likeness (QED) is 0.454. The predicted molar refractivity (Wildman–Crippen MR) is 136 cm³/mol. The van der Waals surface area contributed by atoms with Gasteiger partial charge >= 0.3 is 0 Å². The molecule has 1 unspecified atom stereocenters. The van der Waals surface area contributed by atoms with E-state index < -0.39 is 19.6 Å². The Labute approximate surface area is 196 Å². The van der Waals surface area contributed by atoms with Gasteiger partial charge < -0.3 is 15.4 Å². The Balaban J connectivity index is 1.83. The highest BCUT2D eigenvalue weighted by atomic mass is 32.2. The van der Waals surface area contributed by atoms with Gasteiger partial charge in [-0.2, -0.15) is 11.8 Å². The van der Waals surface area contributed by atoms with Crippen molar-refractivity contribution < 1.29 is 13.2 Å². The van der Waals surface area contributed by atoms with E-state index >= 15 is 0 Å². The van der Waals surface area contributed by atoms with Crippen molar-refractivity contribution in [2.24, 2.45) is 4.99 Å². The number of thiazole rings is 1. The third-order valence-electron chi connectivity index (χ3n) is 5.22. The number of thioether (sulfide) groups is 1. The van der Waals surface area contributed by atoms with E-state index in [0.717, 1.165) is 16.0 Å². The second kappa shape index (κ2) is 8.57. The molecule has 1 aromatic heterocycles. The molecule has 170 valence electrons. The average molecular weight is 491 g/mol. The Hall–Kier alpha value is -2.30. The molecule has 32 heavy (non-hydrogen) atoms. The fourth-order valence-corrected chi connectivity index (χ4v) is 6.19. The molecule has 0 bridgehead atoms. The second-order valence-corrected chi connectivity index (χ2v) is 13.1. The van der Waals surface area contributed by atoms with Crippen LogP contribution in [0.2, 0.25) is 0 Å². The van der Waals surface area contributed by atoms with E-state index in [9.17, 15) is 8.42 Å². The summed E-state index contributed by atoms with van der Waals surface area (Å²) >= 11 is 3.24. The van der Waals surface area contributed by atoms with Crippen molar-refractivity contribution in [3.63, 3.8) is 0 Å². The molecule has 0 saturated carbocycles. The monoisotopic (exact) mass is 490 g/mol. The first-order valence-electron chi connectivity index (χ1n) is 10.1. The normalized spacial score (nSPS) is 18.2. The van der Waals surface area contributed by atoms with Gasteiger partial charge in [-0.25, -0.2) is 18.4 Å². The smallest absolute Gasteiger partial charge is 0.262 e. The lowest BCUT2D eigenvalue weighted by Crippen LogP contribution is -2.51. The van der Waals surface area contributed by atoms with Crippen LogP contribution < -0.4 is 15.4 Å². The summed E-state index contributed by atoms with van der Waals surface area (Å²) in [5.41, 5.74) is 4.36. The van der Waals surface area contributed by atoms with E-state index in [-0.39, 0.29) is 0 Å². The van der Waals surface area contributed by atoms with Crippen molar-refractivity contribution in [2.45, 2.75) is 30.5 Å². The summed E-state index contributed by atoms with van der Waals surface area (Å²) in [5.74, 6) is 1.54. The van der Waals surface area contributed by atoms with Crippen molar-refractivity contribution in [3.05, 3.63) is 47.5 Å². The second-order valence-electron chi connectivity index (χ2n) is 8.37. The molecule has 3 aromatic rings. The lowest BCUT2D eigenvalue weighted by molar-refractivity contribution is 0.344. The van der Waals surface area contributed by atoms with Gasteiger partial charge in [-0.05, 0) is 57.4 Å². The number of aromatic nitrogens is 1. The molecule has 0 amide bonds. The largest absolute Gasteiger partial charge is 0.493 e. The third kappa shape index (κ3) is 3.95. The first kappa shape index (κ1) is 22.9. The number of ether oxygens (including phenoxy) is 1. The van der Waals surface area contributed by atoms with E-state index in [1.807, 2.05) is 30.5 Å². The molecule has 0 saturated heterocycles. The molecular weight excluding hydrogens is 464 g/mol. The number of rotatable bonds is 7. The summed E-state index contributed by atoms with van der Waals surface area (Å²) in [6.45, 7) is 5.64. The number of nitrogens with zero attached hydrogens (tertiary/aromatic N) is 2. The van der Waals surface area contributed by atoms with Gasteiger partial charge in [0, 0.05) is 23.1 Å². The maximum absolute atomic E-state index is 14.0. The van der Waals surface area contributed by atoms with Crippen molar-refractivity contribution in [1.29, 1.82) is 0 Å². The van der Waals surface area contributed by atoms with Crippen LogP contribution in [-0.2, 0) is 14.8 Å². The Bertz CT molecular complexity index is 1260. The van der Waals surface area contributed by atoms with E-state index in [0.29, 0.717) is 29.3 Å². The van der Waals surface area contributed by atoms with Crippen LogP contribution in [0.15, 0.2) is 46.9 Å². The number of anilines is 2. The summed E-state index contributed by atoms with van der Waals surface area (Å²) in [6.07, 6.45) is 3.46. The molecule has 1 aliphatic heterocycles.